The van der Waals surface area contributed by atoms with Gasteiger partial charge in [0.25, 0.3) is 0 Å². The van der Waals surface area contributed by atoms with E-state index in [1.54, 1.807) is 30.3 Å². The first-order chi connectivity index (χ1) is 21.6. The van der Waals surface area contributed by atoms with E-state index in [2.05, 4.69) is 5.32 Å². The third kappa shape index (κ3) is 5.77. The molecule has 3 aromatic carbocycles. The van der Waals surface area contributed by atoms with E-state index < -0.39 is 29.3 Å². The number of benzene rings is 3. The molecule has 0 fully saturated rings. The zero-order valence-electron chi connectivity index (χ0n) is 26.0. The summed E-state index contributed by atoms with van der Waals surface area (Å²) < 4.78 is 45.4. The maximum Gasteiger partial charge on any atom is 0.244 e. The fourth-order valence-corrected chi connectivity index (χ4v) is 6.52. The summed E-state index contributed by atoms with van der Waals surface area (Å²) in [5.41, 5.74) is 0.349. The van der Waals surface area contributed by atoms with E-state index in [0.717, 1.165) is 5.56 Å². The van der Waals surface area contributed by atoms with Crippen molar-refractivity contribution < 1.29 is 43.1 Å². The van der Waals surface area contributed by atoms with Crippen LogP contribution in [0.3, 0.4) is 0 Å². The first-order valence-electron chi connectivity index (χ1n) is 15.5. The van der Waals surface area contributed by atoms with Crippen molar-refractivity contribution in [3.05, 3.63) is 70.5 Å². The van der Waals surface area contributed by atoms with Crippen molar-refractivity contribution in [3.63, 3.8) is 0 Å². The summed E-state index contributed by atoms with van der Waals surface area (Å²) in [6.45, 7) is 8.44. The molecule has 3 aromatic rings. The molecular weight excluding hydrogens is 581 g/mol. The molecule has 0 aromatic heterocycles. The molecule has 0 spiro atoms. The molecule has 0 aliphatic carbocycles. The normalized spacial score (nSPS) is 19.3. The molecule has 0 saturated carbocycles. The number of hydrogen-bond donors (Lipinski definition) is 3. The third-order valence-corrected chi connectivity index (χ3v) is 8.42. The fourth-order valence-electron chi connectivity index (χ4n) is 6.52. The Balaban J connectivity index is 1.58. The zero-order chi connectivity index (χ0) is 31.9. The lowest BCUT2D eigenvalue weighted by atomic mass is 9.69. The van der Waals surface area contributed by atoms with E-state index in [0.29, 0.717) is 65.6 Å². The number of nitrogens with one attached hydrogen (secondary N) is 1. The SMILES string of the molecule is CC(C)C[C@@H](O)COc1cc2c(cc1C1(c3cc4c(cc3OC[C@H](O)CC(C)C)OCO4)C(=O)Nc3c(F)cccc31)OCC2. The monoisotopic (exact) mass is 621 g/mol. The molecule has 3 aliphatic rings. The van der Waals surface area contributed by atoms with Gasteiger partial charge in [0.05, 0.1) is 24.5 Å². The van der Waals surface area contributed by atoms with Gasteiger partial charge >= 0.3 is 0 Å². The Morgan fingerprint density at radius 2 is 1.44 bits per heavy atom. The Morgan fingerprint density at radius 3 is 2.09 bits per heavy atom. The van der Waals surface area contributed by atoms with E-state index in [9.17, 15) is 15.0 Å². The minimum absolute atomic E-state index is 0.00950. The number of para-hydroxylation sites is 1. The van der Waals surface area contributed by atoms with Gasteiger partial charge in [-0.1, -0.05) is 39.8 Å². The molecule has 10 heteroatoms. The molecule has 0 saturated heterocycles. The molecule has 1 unspecified atom stereocenters. The first kappa shape index (κ1) is 31.0. The highest BCUT2D eigenvalue weighted by atomic mass is 19.1. The molecule has 3 N–H and O–H groups in total. The summed E-state index contributed by atoms with van der Waals surface area (Å²) in [4.78, 5) is 14.6. The van der Waals surface area contributed by atoms with Crippen LogP contribution in [-0.2, 0) is 16.6 Å². The lowest BCUT2D eigenvalue weighted by Crippen LogP contribution is -2.38. The summed E-state index contributed by atoms with van der Waals surface area (Å²) in [6.07, 6.45) is 0.181. The van der Waals surface area contributed by atoms with E-state index in [4.69, 9.17) is 23.7 Å². The Kier molecular flexibility index (Phi) is 8.54. The number of hydrogen-bond acceptors (Lipinski definition) is 8. The summed E-state index contributed by atoms with van der Waals surface area (Å²) >= 11 is 0. The van der Waals surface area contributed by atoms with Gasteiger partial charge in [-0.05, 0) is 48.9 Å². The molecule has 240 valence electrons. The van der Waals surface area contributed by atoms with Gasteiger partial charge in [0.2, 0.25) is 12.7 Å². The van der Waals surface area contributed by atoms with Crippen LogP contribution in [0.2, 0.25) is 0 Å². The van der Waals surface area contributed by atoms with E-state index in [1.165, 1.54) is 6.07 Å². The van der Waals surface area contributed by atoms with Crippen LogP contribution in [0.25, 0.3) is 0 Å². The van der Waals surface area contributed by atoms with E-state index in [-0.39, 0.29) is 43.3 Å². The van der Waals surface area contributed by atoms with Gasteiger partial charge in [-0.3, -0.25) is 4.79 Å². The minimum Gasteiger partial charge on any atom is -0.493 e. The van der Waals surface area contributed by atoms with E-state index in [1.807, 2.05) is 33.8 Å². The van der Waals surface area contributed by atoms with Gasteiger partial charge < -0.3 is 39.2 Å². The largest absolute Gasteiger partial charge is 0.493 e. The van der Waals surface area contributed by atoms with Crippen LogP contribution in [0.1, 0.15) is 62.8 Å². The molecule has 3 heterocycles. The topological polar surface area (TPSA) is 116 Å². The molecule has 1 amide bonds. The molecule has 6 rings (SSSR count). The summed E-state index contributed by atoms with van der Waals surface area (Å²) in [7, 11) is 0. The average Bonchev–Trinajstić information content (AvgIpc) is 3.71. The van der Waals surface area contributed by atoms with Crippen molar-refractivity contribution in [1.29, 1.82) is 0 Å². The summed E-state index contributed by atoms with van der Waals surface area (Å²) in [5.74, 6) is 1.39. The van der Waals surface area contributed by atoms with Crippen molar-refractivity contribution in [1.82, 2.24) is 0 Å². The maximum atomic E-state index is 15.4. The molecular formula is C35H40FNO8. The van der Waals surface area contributed by atoms with Gasteiger partial charge in [-0.25, -0.2) is 4.39 Å². The van der Waals surface area contributed by atoms with Gasteiger partial charge in [0.1, 0.15) is 41.7 Å². The van der Waals surface area contributed by atoms with Gasteiger partial charge in [0.15, 0.2) is 11.5 Å². The number of ether oxygens (including phenoxy) is 5. The lowest BCUT2D eigenvalue weighted by Gasteiger charge is -2.33. The standard InChI is InChI=1S/C35H40FNO8/c1-19(2)10-22(38)16-42-29-12-21-8-9-41-28(21)13-25(29)35(24-6-5-7-27(36)33(24)37-34(35)40)26-14-31-32(45-18-44-31)15-30(26)43-17-23(39)11-20(3)4/h5-7,12-15,19-20,22-23,38-39H,8-11,16-18H2,1-4H3,(H,37,40)/t22-,23-,35?/m1/s1. The molecule has 3 atom stereocenters. The number of aliphatic hydroxyl groups excluding tert-OH is 2. The third-order valence-electron chi connectivity index (χ3n) is 8.42. The number of aliphatic hydroxyl groups is 2. The van der Waals surface area contributed by atoms with Crippen molar-refractivity contribution in [3.8, 4) is 28.7 Å². The van der Waals surface area contributed by atoms with Crippen molar-refractivity contribution >= 4 is 11.6 Å². The van der Waals surface area contributed by atoms with Gasteiger partial charge in [-0.2, -0.15) is 0 Å². The molecule has 0 radical (unpaired) electrons. The average molecular weight is 622 g/mol. The number of anilines is 1. The summed E-state index contributed by atoms with van der Waals surface area (Å²) in [5, 5.41) is 24.3. The Bertz CT molecular complexity index is 1510. The second-order valence-electron chi connectivity index (χ2n) is 12.8. The van der Waals surface area contributed by atoms with Gasteiger partial charge in [0, 0.05) is 34.7 Å². The number of carbonyl (C=O) groups is 1. The predicted molar refractivity (Wildman–Crippen MR) is 165 cm³/mol. The van der Waals surface area contributed by atoms with Crippen LogP contribution < -0.4 is 29.0 Å². The second-order valence-corrected chi connectivity index (χ2v) is 12.8. The highest BCUT2D eigenvalue weighted by Crippen LogP contribution is 2.56. The van der Waals surface area contributed by atoms with Crippen LogP contribution in [0.15, 0.2) is 42.5 Å². The number of fused-ring (bicyclic) bond motifs is 3. The number of carbonyl (C=O) groups excluding carboxylic acids is 1. The second kappa shape index (κ2) is 12.4. The first-order valence-corrected chi connectivity index (χ1v) is 15.5. The van der Waals surface area contributed by atoms with Crippen LogP contribution in [0.4, 0.5) is 10.1 Å². The number of amides is 1. The van der Waals surface area contributed by atoms with Crippen LogP contribution in [-0.4, -0.2) is 54.9 Å². The molecule has 3 aliphatic heterocycles. The van der Waals surface area contributed by atoms with Crippen molar-refractivity contribution in [2.24, 2.45) is 11.8 Å². The molecule has 9 nitrogen and oxygen atoms in total. The zero-order valence-corrected chi connectivity index (χ0v) is 26.0. The van der Waals surface area contributed by atoms with E-state index >= 15 is 4.39 Å². The Labute approximate surface area is 262 Å². The number of rotatable bonds is 12. The highest BCUT2D eigenvalue weighted by molar-refractivity contribution is 6.12. The van der Waals surface area contributed by atoms with Gasteiger partial charge in [-0.15, -0.1) is 0 Å². The molecule has 45 heavy (non-hydrogen) atoms. The predicted octanol–water partition coefficient (Wildman–Crippen LogP) is 5.35. The van der Waals surface area contributed by atoms with Crippen molar-refractivity contribution in [2.75, 3.05) is 31.9 Å². The fraction of sp³-hybridized carbons (Fsp3) is 0.457. The van der Waals surface area contributed by atoms with Crippen LogP contribution >= 0.6 is 0 Å². The highest BCUT2D eigenvalue weighted by Gasteiger charge is 2.55. The number of halogens is 1. The van der Waals surface area contributed by atoms with Crippen LogP contribution in [0.5, 0.6) is 28.7 Å². The Hall–Kier alpha value is -4.02. The molecule has 0 bridgehead atoms. The Morgan fingerprint density at radius 1 is 0.844 bits per heavy atom. The van der Waals surface area contributed by atoms with Crippen molar-refractivity contribution in [2.45, 2.75) is 64.6 Å². The summed E-state index contributed by atoms with van der Waals surface area (Å²) in [6, 6.07) is 11.5. The quantitative estimate of drug-likeness (QED) is 0.248. The smallest absolute Gasteiger partial charge is 0.244 e. The minimum atomic E-state index is -1.70. The lowest BCUT2D eigenvalue weighted by molar-refractivity contribution is -0.118. The maximum absolute atomic E-state index is 15.4. The van der Waals surface area contributed by atoms with Crippen LogP contribution in [0, 0.1) is 17.7 Å².